The minimum Gasteiger partial charge on any atom is -0.396 e. The van der Waals surface area contributed by atoms with Crippen molar-refractivity contribution in [1.29, 1.82) is 0 Å². The van der Waals surface area contributed by atoms with Crippen LogP contribution in [0, 0.1) is 0 Å². The fourth-order valence-corrected chi connectivity index (χ4v) is 2.62. The Morgan fingerprint density at radius 2 is 2.00 bits per heavy atom. The van der Waals surface area contributed by atoms with E-state index in [2.05, 4.69) is 23.5 Å². The lowest BCUT2D eigenvalue weighted by molar-refractivity contribution is -0.120. The van der Waals surface area contributed by atoms with Crippen molar-refractivity contribution in [2.75, 3.05) is 13.2 Å². The zero-order chi connectivity index (χ0) is 13.5. The summed E-state index contributed by atoms with van der Waals surface area (Å²) in [6.45, 7) is 0.951. The molecule has 1 aliphatic carbocycles. The van der Waals surface area contributed by atoms with Crippen molar-refractivity contribution in [3.8, 4) is 0 Å². The Morgan fingerprint density at radius 3 is 2.84 bits per heavy atom. The van der Waals surface area contributed by atoms with Gasteiger partial charge in [0.15, 0.2) is 0 Å². The molecule has 104 valence electrons. The van der Waals surface area contributed by atoms with Crippen LogP contribution in [0.1, 0.15) is 42.4 Å². The smallest absolute Gasteiger partial charge is 0.224 e. The number of aliphatic hydroxyl groups is 1. The second-order valence-corrected chi connectivity index (χ2v) is 5.27. The van der Waals surface area contributed by atoms with Gasteiger partial charge in [0.25, 0.3) is 0 Å². The summed E-state index contributed by atoms with van der Waals surface area (Å²) in [5.74, 6) is 0.0990. The predicted molar refractivity (Wildman–Crippen MR) is 76.1 cm³/mol. The lowest BCUT2D eigenvalue weighted by Gasteiger charge is -2.07. The number of amides is 1. The molecule has 0 aliphatic heterocycles. The Kier molecular flexibility index (Phi) is 5.40. The van der Waals surface area contributed by atoms with E-state index in [0.29, 0.717) is 13.0 Å². The number of aryl methyl sites for hydroxylation is 2. The number of rotatable bonds is 7. The Labute approximate surface area is 115 Å². The summed E-state index contributed by atoms with van der Waals surface area (Å²) in [7, 11) is 0. The summed E-state index contributed by atoms with van der Waals surface area (Å²) in [6.07, 6.45) is 6.80. The molecule has 0 fully saturated rings. The highest BCUT2D eigenvalue weighted by Gasteiger charge is 2.11. The van der Waals surface area contributed by atoms with E-state index in [-0.39, 0.29) is 12.5 Å². The number of fused-ring (bicyclic) bond motifs is 1. The normalized spacial score (nSPS) is 13.3. The minimum atomic E-state index is 0.0990. The number of unbranched alkanes of at least 4 members (excludes halogenated alkanes) is 2. The molecule has 3 nitrogen and oxygen atoms in total. The van der Waals surface area contributed by atoms with Crippen LogP contribution in [-0.2, 0) is 24.1 Å². The van der Waals surface area contributed by atoms with Crippen LogP contribution in [0.2, 0.25) is 0 Å². The van der Waals surface area contributed by atoms with Crippen LogP contribution in [0.5, 0.6) is 0 Å². The Balaban J connectivity index is 1.73. The molecule has 0 heterocycles. The first-order chi connectivity index (χ1) is 9.29. The predicted octanol–water partition coefficient (Wildman–Crippen LogP) is 2.00. The van der Waals surface area contributed by atoms with Gasteiger partial charge in [-0.2, -0.15) is 0 Å². The highest BCUT2D eigenvalue weighted by molar-refractivity contribution is 5.78. The summed E-state index contributed by atoms with van der Waals surface area (Å²) in [6, 6.07) is 6.44. The summed E-state index contributed by atoms with van der Waals surface area (Å²) in [5, 5.41) is 11.6. The second kappa shape index (κ2) is 7.29. The minimum absolute atomic E-state index is 0.0990. The van der Waals surface area contributed by atoms with Crippen molar-refractivity contribution < 1.29 is 9.90 Å². The maximum atomic E-state index is 11.8. The molecule has 2 N–H and O–H groups in total. The van der Waals surface area contributed by atoms with Crippen LogP contribution in [0.4, 0.5) is 0 Å². The molecule has 0 saturated carbocycles. The average molecular weight is 261 g/mol. The van der Waals surface area contributed by atoms with E-state index in [1.54, 1.807) is 0 Å². The molecule has 0 aromatic heterocycles. The number of aliphatic hydroxyl groups excluding tert-OH is 1. The molecule has 1 aromatic carbocycles. The third-order valence-electron chi connectivity index (χ3n) is 3.68. The van der Waals surface area contributed by atoms with Crippen molar-refractivity contribution in [2.24, 2.45) is 0 Å². The van der Waals surface area contributed by atoms with E-state index in [9.17, 15) is 4.79 Å². The van der Waals surface area contributed by atoms with Gasteiger partial charge in [0.1, 0.15) is 0 Å². The van der Waals surface area contributed by atoms with Crippen LogP contribution in [0.25, 0.3) is 0 Å². The Bertz CT molecular complexity index is 429. The summed E-state index contributed by atoms with van der Waals surface area (Å²) in [4.78, 5) is 11.8. The third-order valence-corrected chi connectivity index (χ3v) is 3.68. The van der Waals surface area contributed by atoms with Crippen molar-refractivity contribution in [1.82, 2.24) is 5.32 Å². The maximum absolute atomic E-state index is 11.8. The molecule has 1 aromatic rings. The van der Waals surface area contributed by atoms with Gasteiger partial charge in [0.05, 0.1) is 6.42 Å². The maximum Gasteiger partial charge on any atom is 0.224 e. The summed E-state index contributed by atoms with van der Waals surface area (Å²) < 4.78 is 0. The molecule has 0 unspecified atom stereocenters. The van der Waals surface area contributed by atoms with Crippen molar-refractivity contribution in [3.05, 3.63) is 34.9 Å². The van der Waals surface area contributed by atoms with Gasteiger partial charge >= 0.3 is 0 Å². The van der Waals surface area contributed by atoms with E-state index in [0.717, 1.165) is 31.2 Å². The number of benzene rings is 1. The largest absolute Gasteiger partial charge is 0.396 e. The van der Waals surface area contributed by atoms with Crippen LogP contribution in [0.15, 0.2) is 18.2 Å². The molecule has 19 heavy (non-hydrogen) atoms. The van der Waals surface area contributed by atoms with E-state index in [1.165, 1.54) is 24.0 Å². The highest BCUT2D eigenvalue weighted by Crippen LogP contribution is 2.22. The molecular weight excluding hydrogens is 238 g/mol. The molecular formula is C16H23NO2. The topological polar surface area (TPSA) is 49.3 Å². The van der Waals surface area contributed by atoms with Gasteiger partial charge in [-0.3, -0.25) is 4.79 Å². The number of carbonyl (C=O) groups excluding carboxylic acids is 1. The molecule has 0 bridgehead atoms. The van der Waals surface area contributed by atoms with Gasteiger partial charge in [-0.05, 0) is 55.2 Å². The summed E-state index contributed by atoms with van der Waals surface area (Å²) in [5.41, 5.74) is 4.00. The van der Waals surface area contributed by atoms with Gasteiger partial charge in [-0.15, -0.1) is 0 Å². The number of carbonyl (C=O) groups is 1. The van der Waals surface area contributed by atoms with Crippen molar-refractivity contribution in [3.63, 3.8) is 0 Å². The van der Waals surface area contributed by atoms with Crippen LogP contribution >= 0.6 is 0 Å². The molecule has 0 saturated heterocycles. The lowest BCUT2D eigenvalue weighted by atomic mass is 10.0. The number of nitrogens with one attached hydrogen (secondary N) is 1. The fraction of sp³-hybridized carbons (Fsp3) is 0.562. The average Bonchev–Trinajstić information content (AvgIpc) is 2.86. The first-order valence-corrected chi connectivity index (χ1v) is 7.28. The van der Waals surface area contributed by atoms with Gasteiger partial charge < -0.3 is 10.4 Å². The van der Waals surface area contributed by atoms with E-state index >= 15 is 0 Å². The Hall–Kier alpha value is -1.35. The van der Waals surface area contributed by atoms with Crippen molar-refractivity contribution in [2.45, 2.75) is 44.9 Å². The molecule has 0 radical (unpaired) electrons. The van der Waals surface area contributed by atoms with E-state index < -0.39 is 0 Å². The van der Waals surface area contributed by atoms with E-state index in [4.69, 9.17) is 5.11 Å². The number of hydrogen-bond acceptors (Lipinski definition) is 2. The zero-order valence-electron chi connectivity index (χ0n) is 11.5. The van der Waals surface area contributed by atoms with Crippen LogP contribution in [-0.4, -0.2) is 24.2 Å². The molecule has 3 heteroatoms. The highest BCUT2D eigenvalue weighted by atomic mass is 16.2. The molecule has 1 aliphatic rings. The van der Waals surface area contributed by atoms with Gasteiger partial charge in [-0.1, -0.05) is 18.2 Å². The number of hydrogen-bond donors (Lipinski definition) is 2. The standard InChI is InChI=1S/C16H23NO2/c18-10-3-1-2-9-17-16(19)12-13-7-8-14-5-4-6-15(14)11-13/h7-8,11,18H,1-6,9-10,12H2,(H,17,19). The second-order valence-electron chi connectivity index (χ2n) is 5.27. The van der Waals surface area contributed by atoms with Crippen LogP contribution in [0.3, 0.4) is 0 Å². The van der Waals surface area contributed by atoms with Gasteiger partial charge in [0, 0.05) is 13.2 Å². The van der Waals surface area contributed by atoms with Gasteiger partial charge in [-0.25, -0.2) is 0 Å². The monoisotopic (exact) mass is 261 g/mol. The zero-order valence-corrected chi connectivity index (χ0v) is 11.5. The fourth-order valence-electron chi connectivity index (χ4n) is 2.62. The molecule has 0 spiro atoms. The van der Waals surface area contributed by atoms with Gasteiger partial charge in [0.2, 0.25) is 5.91 Å². The quantitative estimate of drug-likeness (QED) is 0.738. The lowest BCUT2D eigenvalue weighted by Crippen LogP contribution is -2.26. The molecule has 1 amide bonds. The Morgan fingerprint density at radius 1 is 1.16 bits per heavy atom. The molecule has 0 atom stereocenters. The first kappa shape index (κ1) is 14.1. The third kappa shape index (κ3) is 4.35. The van der Waals surface area contributed by atoms with Crippen molar-refractivity contribution >= 4 is 5.91 Å². The first-order valence-electron chi connectivity index (χ1n) is 7.28. The summed E-state index contributed by atoms with van der Waals surface area (Å²) >= 11 is 0. The molecule has 2 rings (SSSR count). The van der Waals surface area contributed by atoms with E-state index in [1.807, 2.05) is 0 Å². The van der Waals surface area contributed by atoms with Crippen LogP contribution < -0.4 is 5.32 Å². The SMILES string of the molecule is O=C(Cc1ccc2c(c1)CCC2)NCCCCCO.